The van der Waals surface area contributed by atoms with Crippen molar-refractivity contribution < 1.29 is 9.53 Å². The summed E-state index contributed by atoms with van der Waals surface area (Å²) in [6.45, 7) is 3.97. The third-order valence-electron chi connectivity index (χ3n) is 3.93. The van der Waals surface area contributed by atoms with Crippen molar-refractivity contribution in [3.8, 4) is 5.75 Å². The van der Waals surface area contributed by atoms with E-state index in [2.05, 4.69) is 17.4 Å². The van der Waals surface area contributed by atoms with Crippen LogP contribution < -0.4 is 15.0 Å². The predicted octanol–water partition coefficient (Wildman–Crippen LogP) is 1.73. The molecule has 3 rings (SSSR count). The summed E-state index contributed by atoms with van der Waals surface area (Å²) in [6, 6.07) is 6.79. The molecular weight excluding hydrogens is 240 g/mol. The van der Waals surface area contributed by atoms with Crippen molar-refractivity contribution in [2.45, 2.75) is 32.2 Å². The highest BCUT2D eigenvalue weighted by atomic mass is 16.5. The lowest BCUT2D eigenvalue weighted by molar-refractivity contribution is -0.121. The summed E-state index contributed by atoms with van der Waals surface area (Å²) in [6.07, 6.45) is 3.53. The number of likely N-dealkylation sites (N-methyl/N-ethyl adjacent to an activating group) is 1. The van der Waals surface area contributed by atoms with Crippen LogP contribution in [0.2, 0.25) is 0 Å². The molecule has 2 heterocycles. The van der Waals surface area contributed by atoms with Crippen LogP contribution in [0, 0.1) is 0 Å². The number of hydrogen-bond donors (Lipinski definition) is 1. The smallest absolute Gasteiger partial charge is 0.265 e. The molecule has 1 aromatic carbocycles. The van der Waals surface area contributed by atoms with E-state index < -0.39 is 0 Å². The van der Waals surface area contributed by atoms with E-state index in [1.165, 1.54) is 18.4 Å². The van der Waals surface area contributed by atoms with Gasteiger partial charge < -0.3 is 15.0 Å². The molecule has 0 saturated carbocycles. The van der Waals surface area contributed by atoms with E-state index in [4.69, 9.17) is 4.74 Å². The number of carbonyl (C=O) groups is 1. The molecule has 1 amide bonds. The number of fused-ring (bicyclic) bond motifs is 1. The molecule has 0 aliphatic carbocycles. The SMILES string of the molecule is CCN1C(=O)COc2ccc(CC3CCCN3)cc21. The van der Waals surface area contributed by atoms with Gasteiger partial charge in [-0.15, -0.1) is 0 Å². The Morgan fingerprint density at radius 1 is 1.47 bits per heavy atom. The quantitative estimate of drug-likeness (QED) is 0.900. The molecule has 0 spiro atoms. The van der Waals surface area contributed by atoms with Crippen LogP contribution >= 0.6 is 0 Å². The topological polar surface area (TPSA) is 41.6 Å². The van der Waals surface area contributed by atoms with Crippen LogP contribution in [-0.2, 0) is 11.2 Å². The van der Waals surface area contributed by atoms with Crippen LogP contribution in [0.25, 0.3) is 0 Å². The van der Waals surface area contributed by atoms with E-state index in [-0.39, 0.29) is 12.5 Å². The third-order valence-corrected chi connectivity index (χ3v) is 3.93. The first-order valence-corrected chi connectivity index (χ1v) is 7.07. The minimum atomic E-state index is 0.0474. The van der Waals surface area contributed by atoms with Gasteiger partial charge in [-0.3, -0.25) is 4.79 Å². The van der Waals surface area contributed by atoms with Gasteiger partial charge in [-0.25, -0.2) is 0 Å². The van der Waals surface area contributed by atoms with Crippen molar-refractivity contribution in [1.82, 2.24) is 5.32 Å². The summed E-state index contributed by atoms with van der Waals surface area (Å²) in [5.74, 6) is 0.871. The van der Waals surface area contributed by atoms with E-state index in [9.17, 15) is 4.79 Å². The van der Waals surface area contributed by atoms with Gasteiger partial charge in [0.25, 0.3) is 5.91 Å². The zero-order valence-corrected chi connectivity index (χ0v) is 11.3. The Hall–Kier alpha value is -1.55. The van der Waals surface area contributed by atoms with E-state index in [1.807, 2.05) is 17.9 Å². The van der Waals surface area contributed by atoms with Gasteiger partial charge >= 0.3 is 0 Å². The van der Waals surface area contributed by atoms with Crippen LogP contribution in [0.4, 0.5) is 5.69 Å². The number of benzene rings is 1. The lowest BCUT2D eigenvalue weighted by Crippen LogP contribution is -2.38. The van der Waals surface area contributed by atoms with Crippen LogP contribution in [0.15, 0.2) is 18.2 Å². The Morgan fingerprint density at radius 3 is 3.11 bits per heavy atom. The fourth-order valence-corrected chi connectivity index (χ4v) is 2.94. The molecule has 4 nitrogen and oxygen atoms in total. The second-order valence-electron chi connectivity index (χ2n) is 5.23. The van der Waals surface area contributed by atoms with Crippen molar-refractivity contribution >= 4 is 11.6 Å². The number of anilines is 1. The molecule has 0 bridgehead atoms. The van der Waals surface area contributed by atoms with E-state index in [0.717, 1.165) is 24.4 Å². The molecule has 1 aromatic rings. The minimum absolute atomic E-state index is 0.0474. The molecule has 0 radical (unpaired) electrons. The van der Waals surface area contributed by atoms with Gasteiger partial charge in [0, 0.05) is 12.6 Å². The molecule has 1 saturated heterocycles. The van der Waals surface area contributed by atoms with Gasteiger partial charge in [-0.05, 0) is 50.4 Å². The normalized spacial score (nSPS) is 22.3. The monoisotopic (exact) mass is 260 g/mol. The summed E-state index contributed by atoms with van der Waals surface area (Å²) >= 11 is 0. The Labute approximate surface area is 113 Å². The summed E-state index contributed by atoms with van der Waals surface area (Å²) < 4.78 is 5.49. The van der Waals surface area contributed by atoms with Crippen molar-refractivity contribution in [3.05, 3.63) is 23.8 Å². The van der Waals surface area contributed by atoms with Crippen LogP contribution in [0.3, 0.4) is 0 Å². The number of nitrogens with zero attached hydrogens (tertiary/aromatic N) is 1. The fourth-order valence-electron chi connectivity index (χ4n) is 2.94. The van der Waals surface area contributed by atoms with E-state index >= 15 is 0 Å². The number of ether oxygens (including phenoxy) is 1. The Balaban J connectivity index is 1.84. The minimum Gasteiger partial charge on any atom is -0.482 e. The Kier molecular flexibility index (Phi) is 3.42. The van der Waals surface area contributed by atoms with Crippen molar-refractivity contribution in [2.75, 3.05) is 24.6 Å². The van der Waals surface area contributed by atoms with Gasteiger partial charge in [0.1, 0.15) is 5.75 Å². The molecule has 0 aromatic heterocycles. The molecule has 2 aliphatic rings. The summed E-state index contributed by atoms with van der Waals surface area (Å²) in [4.78, 5) is 13.6. The van der Waals surface area contributed by atoms with Crippen LogP contribution in [0.1, 0.15) is 25.3 Å². The molecule has 1 atom stereocenters. The number of amides is 1. The van der Waals surface area contributed by atoms with Crippen LogP contribution in [0.5, 0.6) is 5.75 Å². The molecule has 102 valence electrons. The largest absolute Gasteiger partial charge is 0.482 e. The first-order chi connectivity index (χ1) is 9.28. The Morgan fingerprint density at radius 2 is 2.37 bits per heavy atom. The summed E-state index contributed by atoms with van der Waals surface area (Å²) in [7, 11) is 0. The average molecular weight is 260 g/mol. The molecule has 19 heavy (non-hydrogen) atoms. The van der Waals surface area contributed by atoms with Crippen LogP contribution in [-0.4, -0.2) is 31.6 Å². The lowest BCUT2D eigenvalue weighted by atomic mass is 10.0. The molecule has 1 unspecified atom stereocenters. The maximum absolute atomic E-state index is 11.8. The van der Waals surface area contributed by atoms with Gasteiger partial charge in [-0.2, -0.15) is 0 Å². The van der Waals surface area contributed by atoms with E-state index in [0.29, 0.717) is 12.6 Å². The van der Waals surface area contributed by atoms with Gasteiger partial charge in [0.15, 0.2) is 6.61 Å². The standard InChI is InChI=1S/C15H20N2O2/c1-2-17-13-9-11(8-12-4-3-7-16-12)5-6-14(13)19-10-15(17)18/h5-6,9,12,16H,2-4,7-8,10H2,1H3. The van der Waals surface area contributed by atoms with Crippen molar-refractivity contribution in [3.63, 3.8) is 0 Å². The average Bonchev–Trinajstić information content (AvgIpc) is 2.91. The summed E-state index contributed by atoms with van der Waals surface area (Å²) in [5.41, 5.74) is 2.20. The second-order valence-corrected chi connectivity index (χ2v) is 5.23. The zero-order valence-electron chi connectivity index (χ0n) is 11.3. The van der Waals surface area contributed by atoms with Crippen molar-refractivity contribution in [1.29, 1.82) is 0 Å². The lowest BCUT2D eigenvalue weighted by Gasteiger charge is -2.29. The predicted molar refractivity (Wildman–Crippen MR) is 74.7 cm³/mol. The first kappa shape index (κ1) is 12.5. The van der Waals surface area contributed by atoms with Crippen molar-refractivity contribution in [2.24, 2.45) is 0 Å². The van der Waals surface area contributed by atoms with Gasteiger partial charge in [0.05, 0.1) is 5.69 Å². The second kappa shape index (κ2) is 5.21. The highest BCUT2D eigenvalue weighted by Gasteiger charge is 2.24. The maximum Gasteiger partial charge on any atom is 0.265 e. The molecule has 2 aliphatic heterocycles. The van der Waals surface area contributed by atoms with Gasteiger partial charge in [-0.1, -0.05) is 6.07 Å². The number of nitrogens with one attached hydrogen (secondary N) is 1. The summed E-state index contributed by atoms with van der Waals surface area (Å²) in [5, 5.41) is 3.51. The highest BCUT2D eigenvalue weighted by molar-refractivity contribution is 5.97. The molecule has 1 fully saturated rings. The number of carbonyl (C=O) groups excluding carboxylic acids is 1. The highest BCUT2D eigenvalue weighted by Crippen LogP contribution is 2.33. The number of rotatable bonds is 3. The van der Waals surface area contributed by atoms with E-state index in [1.54, 1.807) is 0 Å². The fraction of sp³-hybridized carbons (Fsp3) is 0.533. The first-order valence-electron chi connectivity index (χ1n) is 7.07. The molecular formula is C15H20N2O2. The molecule has 1 N–H and O–H groups in total. The van der Waals surface area contributed by atoms with Gasteiger partial charge in [0.2, 0.25) is 0 Å². The maximum atomic E-state index is 11.8. The third kappa shape index (κ3) is 2.45. The number of hydrogen-bond acceptors (Lipinski definition) is 3. The molecule has 4 heteroatoms. The Bertz CT molecular complexity index is 481. The zero-order chi connectivity index (χ0) is 13.2.